The zero-order chi connectivity index (χ0) is 19.8. The molecule has 5 rings (SSSR count). The number of nitrogens with one attached hydrogen (secondary N) is 4. The van der Waals surface area contributed by atoms with Crippen LogP contribution in [0.3, 0.4) is 0 Å². The number of hydrogen-bond donors (Lipinski definition) is 4. The minimum absolute atomic E-state index is 0.344. The Labute approximate surface area is 172 Å². The van der Waals surface area contributed by atoms with E-state index in [-0.39, 0.29) is 5.82 Å². The molecule has 0 unspecified atom stereocenters. The number of pyridine rings is 1. The van der Waals surface area contributed by atoms with E-state index in [2.05, 4.69) is 43.7 Å². The lowest BCUT2D eigenvalue weighted by atomic mass is 10.0. The molecule has 4 N–H and O–H groups in total. The number of piperazine rings is 1. The number of hydrazine groups is 2. The second-order valence-electron chi connectivity index (χ2n) is 7.09. The monoisotopic (exact) mass is 410 g/mol. The molecular formula is C21H20ClFN6. The third-order valence-corrected chi connectivity index (χ3v) is 5.50. The molecule has 0 radical (unpaired) electrons. The van der Waals surface area contributed by atoms with Crippen molar-refractivity contribution in [2.75, 3.05) is 31.1 Å². The predicted molar refractivity (Wildman–Crippen MR) is 114 cm³/mol. The van der Waals surface area contributed by atoms with Crippen LogP contribution in [0.1, 0.15) is 11.1 Å². The number of benzene rings is 2. The molecule has 1 saturated heterocycles. The number of anilines is 1. The first-order valence-corrected chi connectivity index (χ1v) is 9.89. The second-order valence-corrected chi connectivity index (χ2v) is 7.52. The first kappa shape index (κ1) is 18.2. The SMILES string of the molecule is Fc1ccc(Cl)cc1C1=C(c2ccc3ncc(N4CCNCC4)cc3c2)NNN1. The van der Waals surface area contributed by atoms with Crippen LogP contribution in [0, 0.1) is 5.82 Å². The number of fused-ring (bicyclic) bond motifs is 1. The average molecular weight is 411 g/mol. The molecule has 29 heavy (non-hydrogen) atoms. The molecule has 8 heteroatoms. The van der Waals surface area contributed by atoms with Crippen molar-refractivity contribution in [3.63, 3.8) is 0 Å². The second kappa shape index (κ2) is 7.51. The molecule has 0 saturated carbocycles. The zero-order valence-electron chi connectivity index (χ0n) is 15.6. The fourth-order valence-corrected chi connectivity index (χ4v) is 3.93. The lowest BCUT2D eigenvalue weighted by Crippen LogP contribution is -2.43. The number of halogens is 2. The summed E-state index contributed by atoms with van der Waals surface area (Å²) >= 11 is 6.08. The minimum atomic E-state index is -0.344. The third kappa shape index (κ3) is 3.48. The van der Waals surface area contributed by atoms with Crippen molar-refractivity contribution in [1.29, 1.82) is 0 Å². The van der Waals surface area contributed by atoms with Crippen LogP contribution in [0.5, 0.6) is 0 Å². The van der Waals surface area contributed by atoms with Gasteiger partial charge in [-0.1, -0.05) is 17.7 Å². The summed E-state index contributed by atoms with van der Waals surface area (Å²) < 4.78 is 14.4. The normalized spacial score (nSPS) is 16.8. The van der Waals surface area contributed by atoms with Crippen LogP contribution < -0.4 is 26.6 Å². The van der Waals surface area contributed by atoms with E-state index in [1.165, 1.54) is 12.1 Å². The maximum Gasteiger partial charge on any atom is 0.132 e. The van der Waals surface area contributed by atoms with Crippen molar-refractivity contribution >= 4 is 39.6 Å². The molecule has 0 bridgehead atoms. The van der Waals surface area contributed by atoms with Gasteiger partial charge in [-0.15, -0.1) is 5.53 Å². The molecule has 1 fully saturated rings. The maximum absolute atomic E-state index is 14.4. The Kier molecular flexibility index (Phi) is 4.71. The van der Waals surface area contributed by atoms with Crippen LogP contribution in [-0.2, 0) is 0 Å². The predicted octanol–water partition coefficient (Wildman–Crippen LogP) is 2.88. The summed E-state index contributed by atoms with van der Waals surface area (Å²) in [4.78, 5) is 6.95. The van der Waals surface area contributed by atoms with Crippen molar-refractivity contribution in [2.24, 2.45) is 0 Å². The molecule has 0 aliphatic carbocycles. The highest BCUT2D eigenvalue weighted by molar-refractivity contribution is 6.30. The van der Waals surface area contributed by atoms with Crippen molar-refractivity contribution in [3.05, 3.63) is 70.6 Å². The average Bonchev–Trinajstić information content (AvgIpc) is 3.25. The quantitative estimate of drug-likeness (QED) is 0.532. The highest BCUT2D eigenvalue weighted by atomic mass is 35.5. The van der Waals surface area contributed by atoms with E-state index in [0.29, 0.717) is 16.3 Å². The van der Waals surface area contributed by atoms with Crippen LogP contribution >= 0.6 is 11.6 Å². The van der Waals surface area contributed by atoms with Gasteiger partial charge in [0.05, 0.1) is 28.8 Å². The molecule has 148 valence electrons. The summed E-state index contributed by atoms with van der Waals surface area (Å²) in [5.74, 6) is -0.344. The Hall–Kier alpha value is -2.87. The van der Waals surface area contributed by atoms with Gasteiger partial charge in [0.2, 0.25) is 0 Å². The van der Waals surface area contributed by atoms with Gasteiger partial charge >= 0.3 is 0 Å². The smallest absolute Gasteiger partial charge is 0.132 e. The van der Waals surface area contributed by atoms with Gasteiger partial charge in [-0.2, -0.15) is 0 Å². The molecule has 2 aliphatic heterocycles. The summed E-state index contributed by atoms with van der Waals surface area (Å²) in [6.07, 6.45) is 1.93. The highest BCUT2D eigenvalue weighted by Gasteiger charge is 2.20. The molecule has 1 aromatic heterocycles. The zero-order valence-corrected chi connectivity index (χ0v) is 16.4. The van der Waals surface area contributed by atoms with E-state index in [9.17, 15) is 4.39 Å². The van der Waals surface area contributed by atoms with Crippen LogP contribution in [0.25, 0.3) is 22.3 Å². The first-order valence-electron chi connectivity index (χ1n) is 9.52. The van der Waals surface area contributed by atoms with Gasteiger partial charge in [0.1, 0.15) is 5.82 Å². The number of aromatic nitrogens is 1. The number of hydrogen-bond acceptors (Lipinski definition) is 6. The third-order valence-electron chi connectivity index (χ3n) is 5.26. The Bertz CT molecular complexity index is 1110. The fraction of sp³-hybridized carbons (Fsp3) is 0.190. The lowest BCUT2D eigenvalue weighted by Gasteiger charge is -2.29. The highest BCUT2D eigenvalue weighted by Crippen LogP contribution is 2.30. The van der Waals surface area contributed by atoms with Crippen LogP contribution in [-0.4, -0.2) is 31.2 Å². The van der Waals surface area contributed by atoms with E-state index >= 15 is 0 Å². The first-order chi connectivity index (χ1) is 14.2. The standard InChI is InChI=1S/C21H20ClFN6/c22-15-2-3-18(23)17(11-15)21-20(26-28-27-21)13-1-4-19-14(9-13)10-16(12-25-19)29-7-5-24-6-8-29/h1-4,9-12,24,26-28H,5-8H2. The minimum Gasteiger partial charge on any atom is -0.368 e. The molecule has 2 aliphatic rings. The number of nitrogens with zero attached hydrogens (tertiary/aromatic N) is 2. The summed E-state index contributed by atoms with van der Waals surface area (Å²) in [5.41, 5.74) is 13.6. The lowest BCUT2D eigenvalue weighted by molar-refractivity contribution is 0.589. The van der Waals surface area contributed by atoms with Gasteiger partial charge in [-0.3, -0.25) is 4.98 Å². The van der Waals surface area contributed by atoms with Crippen molar-refractivity contribution in [2.45, 2.75) is 0 Å². The molecule has 0 atom stereocenters. The summed E-state index contributed by atoms with van der Waals surface area (Å²) in [5, 5.41) is 4.88. The Balaban J connectivity index is 1.57. The van der Waals surface area contributed by atoms with Gasteiger partial charge in [0.25, 0.3) is 0 Å². The van der Waals surface area contributed by atoms with Crippen LogP contribution in [0.15, 0.2) is 48.7 Å². The molecule has 2 aromatic carbocycles. The van der Waals surface area contributed by atoms with Gasteiger partial charge in [-0.05, 0) is 36.4 Å². The van der Waals surface area contributed by atoms with Gasteiger partial charge < -0.3 is 21.1 Å². The summed E-state index contributed by atoms with van der Waals surface area (Å²) in [6, 6.07) is 12.7. The van der Waals surface area contributed by atoms with Crippen molar-refractivity contribution < 1.29 is 4.39 Å². The van der Waals surface area contributed by atoms with Gasteiger partial charge in [0, 0.05) is 47.7 Å². The molecule has 3 aromatic rings. The van der Waals surface area contributed by atoms with E-state index in [1.54, 1.807) is 6.07 Å². The molecule has 0 spiro atoms. The Morgan fingerprint density at radius 2 is 1.79 bits per heavy atom. The molecule has 0 amide bonds. The largest absolute Gasteiger partial charge is 0.368 e. The summed E-state index contributed by atoms with van der Waals surface area (Å²) in [6.45, 7) is 3.87. The molecule has 3 heterocycles. The topological polar surface area (TPSA) is 64.2 Å². The molecular weight excluding hydrogens is 391 g/mol. The Morgan fingerprint density at radius 3 is 2.66 bits per heavy atom. The Morgan fingerprint density at radius 1 is 0.966 bits per heavy atom. The van der Waals surface area contributed by atoms with E-state index in [4.69, 9.17) is 11.6 Å². The van der Waals surface area contributed by atoms with E-state index in [1.807, 2.05) is 18.3 Å². The summed E-state index contributed by atoms with van der Waals surface area (Å²) in [7, 11) is 0. The van der Waals surface area contributed by atoms with Crippen molar-refractivity contribution in [3.8, 4) is 0 Å². The van der Waals surface area contributed by atoms with Crippen molar-refractivity contribution in [1.82, 2.24) is 26.7 Å². The van der Waals surface area contributed by atoms with Gasteiger partial charge in [-0.25, -0.2) is 4.39 Å². The fourth-order valence-electron chi connectivity index (χ4n) is 3.76. The molecule has 6 nitrogen and oxygen atoms in total. The van der Waals surface area contributed by atoms with E-state index < -0.39 is 0 Å². The van der Waals surface area contributed by atoms with Crippen LogP contribution in [0.4, 0.5) is 10.1 Å². The van der Waals surface area contributed by atoms with E-state index in [0.717, 1.165) is 54.0 Å². The van der Waals surface area contributed by atoms with Crippen LogP contribution in [0.2, 0.25) is 5.02 Å². The maximum atomic E-state index is 14.4. The van der Waals surface area contributed by atoms with Gasteiger partial charge in [0.15, 0.2) is 0 Å². The number of rotatable bonds is 3.